The van der Waals surface area contributed by atoms with Gasteiger partial charge in [-0.25, -0.2) is 4.79 Å². The van der Waals surface area contributed by atoms with Crippen molar-refractivity contribution in [3.05, 3.63) is 53.1 Å². The van der Waals surface area contributed by atoms with Crippen LogP contribution in [0.1, 0.15) is 23.6 Å². The number of carbonyl (C=O) groups is 2. The highest BCUT2D eigenvalue weighted by atomic mass is 16.7. The van der Waals surface area contributed by atoms with E-state index >= 15 is 0 Å². The number of benzene rings is 2. The minimum absolute atomic E-state index is 0.0410. The Balaban J connectivity index is 1.43. The van der Waals surface area contributed by atoms with Gasteiger partial charge in [-0.05, 0) is 61.7 Å². The molecule has 8 nitrogen and oxygen atoms in total. The fourth-order valence-electron chi connectivity index (χ4n) is 3.74. The lowest BCUT2D eigenvalue weighted by Gasteiger charge is -2.23. The Bertz CT molecular complexity index is 987. The van der Waals surface area contributed by atoms with Crippen LogP contribution >= 0.6 is 0 Å². The van der Waals surface area contributed by atoms with E-state index in [1.807, 2.05) is 32.0 Å². The first-order chi connectivity index (χ1) is 14.3. The maximum absolute atomic E-state index is 13.1. The highest BCUT2D eigenvalue weighted by Gasteiger charge is 2.49. The third-order valence-corrected chi connectivity index (χ3v) is 5.26. The molecule has 0 saturated carbocycles. The van der Waals surface area contributed by atoms with Crippen LogP contribution in [0.2, 0.25) is 0 Å². The van der Waals surface area contributed by atoms with Crippen molar-refractivity contribution < 1.29 is 28.9 Å². The maximum atomic E-state index is 13.1. The van der Waals surface area contributed by atoms with Crippen LogP contribution in [-0.2, 0) is 10.3 Å². The molecule has 0 spiro atoms. The largest absolute Gasteiger partial charge is 0.491 e. The number of fused-ring (bicyclic) bond motifs is 1. The van der Waals surface area contributed by atoms with E-state index in [0.717, 1.165) is 16.0 Å². The second kappa shape index (κ2) is 7.53. The molecule has 2 aliphatic heterocycles. The zero-order valence-electron chi connectivity index (χ0n) is 17.1. The summed E-state index contributed by atoms with van der Waals surface area (Å²) in [7, 11) is 0. The maximum Gasteiger partial charge on any atom is 0.325 e. The molecule has 0 unspecified atom stereocenters. The van der Waals surface area contributed by atoms with Crippen LogP contribution in [0.25, 0.3) is 0 Å². The third kappa shape index (κ3) is 3.66. The summed E-state index contributed by atoms with van der Waals surface area (Å²) >= 11 is 0. The van der Waals surface area contributed by atoms with Crippen molar-refractivity contribution in [1.82, 2.24) is 10.2 Å². The Morgan fingerprint density at radius 1 is 1.13 bits per heavy atom. The fraction of sp³-hybridized carbons (Fsp3) is 0.364. The van der Waals surface area contributed by atoms with Gasteiger partial charge in [0, 0.05) is 0 Å². The standard InChI is InChI=1S/C22H24N2O6/c1-13-6-14(2)8-17(7-13)28-11-16(25)10-24-20(26)22(3,23-21(24)27)15-4-5-18-19(9-15)30-12-29-18/h4-9,16,25H,10-12H2,1-3H3,(H,23,27)/t16-,22+/m1/s1. The summed E-state index contributed by atoms with van der Waals surface area (Å²) in [6.07, 6.45) is -1.03. The van der Waals surface area contributed by atoms with E-state index in [0.29, 0.717) is 22.8 Å². The van der Waals surface area contributed by atoms with Crippen molar-refractivity contribution >= 4 is 11.9 Å². The van der Waals surface area contributed by atoms with Crippen LogP contribution in [0, 0.1) is 13.8 Å². The lowest BCUT2D eigenvalue weighted by atomic mass is 9.91. The van der Waals surface area contributed by atoms with Gasteiger partial charge < -0.3 is 24.6 Å². The molecular formula is C22H24N2O6. The normalized spacial score (nSPS) is 21.0. The minimum atomic E-state index is -1.26. The van der Waals surface area contributed by atoms with Gasteiger partial charge in [-0.1, -0.05) is 12.1 Å². The highest BCUT2D eigenvalue weighted by molar-refractivity contribution is 6.07. The number of nitrogens with zero attached hydrogens (tertiary/aromatic N) is 1. The third-order valence-electron chi connectivity index (χ3n) is 5.26. The number of carbonyl (C=O) groups excluding carboxylic acids is 2. The number of hydrogen-bond acceptors (Lipinski definition) is 6. The van der Waals surface area contributed by atoms with Gasteiger partial charge >= 0.3 is 6.03 Å². The van der Waals surface area contributed by atoms with E-state index in [-0.39, 0.29) is 19.9 Å². The molecular weight excluding hydrogens is 388 g/mol. The summed E-state index contributed by atoms with van der Waals surface area (Å²) in [5, 5.41) is 13.1. The van der Waals surface area contributed by atoms with Crippen molar-refractivity contribution in [3.63, 3.8) is 0 Å². The number of ether oxygens (including phenoxy) is 3. The van der Waals surface area contributed by atoms with Crippen LogP contribution in [0.3, 0.4) is 0 Å². The molecule has 2 atom stereocenters. The van der Waals surface area contributed by atoms with E-state index in [1.54, 1.807) is 25.1 Å². The molecule has 4 rings (SSSR count). The highest BCUT2D eigenvalue weighted by Crippen LogP contribution is 2.37. The van der Waals surface area contributed by atoms with E-state index in [9.17, 15) is 14.7 Å². The fourth-order valence-corrected chi connectivity index (χ4v) is 3.74. The van der Waals surface area contributed by atoms with Crippen LogP contribution in [-0.4, -0.2) is 48.0 Å². The number of β-amino-alcohol motifs (C(OH)–C–C–N with tert-alkyl or cyclic N) is 1. The van der Waals surface area contributed by atoms with Crippen molar-refractivity contribution in [2.75, 3.05) is 19.9 Å². The molecule has 3 amide bonds. The summed E-state index contributed by atoms with van der Waals surface area (Å²) in [5.74, 6) is 1.30. The second-order valence-electron chi connectivity index (χ2n) is 7.83. The lowest BCUT2D eigenvalue weighted by Crippen LogP contribution is -2.42. The molecule has 0 bridgehead atoms. The molecule has 0 radical (unpaired) electrons. The number of imide groups is 1. The topological polar surface area (TPSA) is 97.3 Å². The number of hydrogen-bond donors (Lipinski definition) is 2. The number of amides is 3. The molecule has 0 aliphatic carbocycles. The van der Waals surface area contributed by atoms with Gasteiger partial charge in [0.15, 0.2) is 11.5 Å². The van der Waals surface area contributed by atoms with Crippen molar-refractivity contribution in [3.8, 4) is 17.2 Å². The smallest absolute Gasteiger partial charge is 0.325 e. The van der Waals surface area contributed by atoms with Crippen molar-refractivity contribution in [1.29, 1.82) is 0 Å². The first-order valence-electron chi connectivity index (χ1n) is 9.69. The quantitative estimate of drug-likeness (QED) is 0.707. The zero-order chi connectivity index (χ0) is 21.5. The van der Waals surface area contributed by atoms with Gasteiger partial charge in [-0.2, -0.15) is 0 Å². The Morgan fingerprint density at radius 2 is 1.83 bits per heavy atom. The number of urea groups is 1. The Kier molecular flexibility index (Phi) is 5.03. The molecule has 30 heavy (non-hydrogen) atoms. The van der Waals surface area contributed by atoms with Gasteiger partial charge in [0.1, 0.15) is 24.0 Å². The Morgan fingerprint density at radius 3 is 2.57 bits per heavy atom. The SMILES string of the molecule is Cc1cc(C)cc(OC[C@H](O)CN2C(=O)N[C@@](C)(c3ccc4c(c3)OCO4)C2=O)c1. The molecule has 2 aromatic carbocycles. The van der Waals surface area contributed by atoms with Gasteiger partial charge in [0.25, 0.3) is 5.91 Å². The molecule has 0 aromatic heterocycles. The van der Waals surface area contributed by atoms with Crippen LogP contribution in [0.15, 0.2) is 36.4 Å². The molecule has 2 N–H and O–H groups in total. The van der Waals surface area contributed by atoms with Gasteiger partial charge in [-0.3, -0.25) is 9.69 Å². The number of aliphatic hydroxyl groups is 1. The van der Waals surface area contributed by atoms with Crippen molar-refractivity contribution in [2.24, 2.45) is 0 Å². The van der Waals surface area contributed by atoms with Crippen LogP contribution in [0.4, 0.5) is 4.79 Å². The number of aryl methyl sites for hydroxylation is 2. The first-order valence-corrected chi connectivity index (χ1v) is 9.69. The summed E-state index contributed by atoms with van der Waals surface area (Å²) < 4.78 is 16.3. The van der Waals surface area contributed by atoms with Crippen LogP contribution < -0.4 is 19.5 Å². The van der Waals surface area contributed by atoms with Gasteiger partial charge in [0.2, 0.25) is 6.79 Å². The molecule has 8 heteroatoms. The monoisotopic (exact) mass is 412 g/mol. The molecule has 2 aromatic rings. The molecule has 2 heterocycles. The van der Waals surface area contributed by atoms with Gasteiger partial charge in [-0.15, -0.1) is 0 Å². The second-order valence-corrected chi connectivity index (χ2v) is 7.83. The molecule has 2 aliphatic rings. The van der Waals surface area contributed by atoms with E-state index in [4.69, 9.17) is 14.2 Å². The zero-order valence-corrected chi connectivity index (χ0v) is 17.1. The molecule has 1 fully saturated rings. The number of nitrogens with one attached hydrogen (secondary N) is 1. The van der Waals surface area contributed by atoms with Crippen LogP contribution in [0.5, 0.6) is 17.2 Å². The average molecular weight is 412 g/mol. The summed E-state index contributed by atoms with van der Waals surface area (Å²) in [6.45, 7) is 5.45. The lowest BCUT2D eigenvalue weighted by molar-refractivity contribution is -0.132. The Labute approximate surface area is 174 Å². The number of aliphatic hydroxyl groups excluding tert-OH is 1. The average Bonchev–Trinajstić information content (AvgIpc) is 3.24. The number of rotatable bonds is 6. The summed E-state index contributed by atoms with van der Waals surface area (Å²) in [4.78, 5) is 26.6. The molecule has 158 valence electrons. The van der Waals surface area contributed by atoms with Gasteiger partial charge in [0.05, 0.1) is 6.54 Å². The predicted molar refractivity (Wildman–Crippen MR) is 108 cm³/mol. The summed E-state index contributed by atoms with van der Waals surface area (Å²) in [6, 6.07) is 10.3. The first kappa shape index (κ1) is 20.0. The van der Waals surface area contributed by atoms with E-state index < -0.39 is 23.6 Å². The van der Waals surface area contributed by atoms with E-state index in [2.05, 4.69) is 5.32 Å². The Hall–Kier alpha value is -3.26. The summed E-state index contributed by atoms with van der Waals surface area (Å²) in [5.41, 5.74) is 1.42. The van der Waals surface area contributed by atoms with E-state index in [1.165, 1.54) is 0 Å². The minimum Gasteiger partial charge on any atom is -0.491 e. The molecule has 1 saturated heterocycles. The van der Waals surface area contributed by atoms with Crippen molar-refractivity contribution in [2.45, 2.75) is 32.4 Å². The predicted octanol–water partition coefficient (Wildman–Crippen LogP) is 2.24.